The molecule has 0 radical (unpaired) electrons. The third kappa shape index (κ3) is 4.58. The lowest BCUT2D eigenvalue weighted by Crippen LogP contribution is -2.07. The van der Waals surface area contributed by atoms with Gasteiger partial charge in [-0.3, -0.25) is 0 Å². The minimum Gasteiger partial charge on any atom is -0.493 e. The maximum absolute atomic E-state index is 12.3. The fourth-order valence-electron chi connectivity index (χ4n) is 2.21. The lowest BCUT2D eigenvalue weighted by atomic mass is 10.2. The minimum atomic E-state index is -0.584. The molecule has 2 aromatic heterocycles. The number of methoxy groups -OCH3 is 1. The molecule has 3 aromatic rings. The number of thiophene rings is 1. The number of aromatic nitrogens is 2. The third-order valence-electron chi connectivity index (χ3n) is 3.45. The topological polar surface area (TPSA) is 83.7 Å². The lowest BCUT2D eigenvalue weighted by Gasteiger charge is -2.13. The number of carbonyl (C=O) groups is 1. The maximum atomic E-state index is 12.3. The molecular weight excluding hydrogens is 392 g/mol. The summed E-state index contributed by atoms with van der Waals surface area (Å²) in [5.41, 5.74) is 0.239. The second kappa shape index (κ2) is 8.88. The predicted octanol–water partition coefficient (Wildman–Crippen LogP) is 4.61. The summed E-state index contributed by atoms with van der Waals surface area (Å²) in [6.45, 7) is 2.35. The molecule has 27 heavy (non-hydrogen) atoms. The van der Waals surface area contributed by atoms with E-state index in [0.717, 1.165) is 11.3 Å². The van der Waals surface area contributed by atoms with Crippen molar-refractivity contribution >= 4 is 28.9 Å². The van der Waals surface area contributed by atoms with Gasteiger partial charge in [-0.15, -0.1) is 11.3 Å². The number of hydrogen-bond acceptors (Lipinski definition) is 8. The average Bonchev–Trinajstić information content (AvgIpc) is 3.35. The molecule has 0 fully saturated rings. The first kappa shape index (κ1) is 19.2. The van der Waals surface area contributed by atoms with Crippen LogP contribution in [-0.4, -0.2) is 29.8 Å². The fraction of sp³-hybridized carbons (Fsp3) is 0.278. The smallest absolute Gasteiger partial charge is 0.338 e. The molecule has 9 heteroatoms. The van der Waals surface area contributed by atoms with Crippen LogP contribution < -0.4 is 9.47 Å². The number of hydrogen-bond donors (Lipinski definition) is 0. The van der Waals surface area contributed by atoms with Gasteiger partial charge in [0.25, 0.3) is 5.89 Å². The molecule has 0 aliphatic carbocycles. The number of esters is 1. The van der Waals surface area contributed by atoms with E-state index in [0.29, 0.717) is 24.0 Å². The van der Waals surface area contributed by atoms with Gasteiger partial charge in [0.1, 0.15) is 0 Å². The molecule has 2 heterocycles. The van der Waals surface area contributed by atoms with Crippen molar-refractivity contribution in [2.45, 2.75) is 20.0 Å². The van der Waals surface area contributed by atoms with Crippen molar-refractivity contribution in [3.63, 3.8) is 0 Å². The first-order valence-electron chi connectivity index (χ1n) is 8.16. The van der Waals surface area contributed by atoms with E-state index < -0.39 is 5.97 Å². The van der Waals surface area contributed by atoms with Crippen molar-refractivity contribution < 1.29 is 23.5 Å². The van der Waals surface area contributed by atoms with Crippen LogP contribution in [0.3, 0.4) is 0 Å². The summed E-state index contributed by atoms with van der Waals surface area (Å²) < 4.78 is 21.2. The Bertz CT molecular complexity index is 911. The molecule has 0 unspecified atom stereocenters. The number of carbonyl (C=O) groups excluding carboxylic acids is 1. The van der Waals surface area contributed by atoms with E-state index in [9.17, 15) is 4.79 Å². The third-order valence-corrected chi connectivity index (χ3v) is 4.59. The van der Waals surface area contributed by atoms with Gasteiger partial charge in [-0.2, -0.15) is 4.98 Å². The molecule has 1 aromatic carbocycles. The summed E-state index contributed by atoms with van der Waals surface area (Å²) in [6.07, 6.45) is 0.821. The molecule has 0 bridgehead atoms. The van der Waals surface area contributed by atoms with Crippen molar-refractivity contribution in [3.8, 4) is 22.3 Å². The van der Waals surface area contributed by atoms with Crippen molar-refractivity contribution in [2.75, 3.05) is 13.7 Å². The molecule has 0 saturated carbocycles. The summed E-state index contributed by atoms with van der Waals surface area (Å²) in [4.78, 5) is 17.4. The Morgan fingerprint density at radius 3 is 2.93 bits per heavy atom. The molecule has 0 atom stereocenters. The standard InChI is InChI=1S/C18H17ClN2O5S/c1-3-6-24-16-12(19)8-11(9-13(16)23-2)18(22)25-10-15-20-17(26-21-15)14-5-4-7-27-14/h4-5,7-9H,3,6,10H2,1-2H3. The van der Waals surface area contributed by atoms with Gasteiger partial charge in [0.2, 0.25) is 5.82 Å². The zero-order valence-corrected chi connectivity index (χ0v) is 16.3. The SMILES string of the molecule is CCCOc1c(Cl)cc(C(=O)OCc2noc(-c3cccs3)n2)cc1OC. The van der Waals surface area contributed by atoms with Gasteiger partial charge in [0, 0.05) is 0 Å². The summed E-state index contributed by atoms with van der Waals surface area (Å²) in [5.74, 6) is 0.837. The van der Waals surface area contributed by atoms with E-state index in [-0.39, 0.29) is 23.0 Å². The van der Waals surface area contributed by atoms with Crippen molar-refractivity contribution in [3.05, 3.63) is 46.1 Å². The minimum absolute atomic E-state index is 0.123. The summed E-state index contributed by atoms with van der Waals surface area (Å²) in [6, 6.07) is 6.75. The Hall–Kier alpha value is -2.58. The molecule has 3 rings (SSSR count). The quantitative estimate of drug-likeness (QED) is 0.503. The average molecular weight is 409 g/mol. The van der Waals surface area contributed by atoms with Crippen molar-refractivity contribution in [1.29, 1.82) is 0 Å². The van der Waals surface area contributed by atoms with Crippen molar-refractivity contribution in [2.24, 2.45) is 0 Å². The zero-order chi connectivity index (χ0) is 19.2. The summed E-state index contributed by atoms with van der Waals surface area (Å²) >= 11 is 7.70. The second-order valence-electron chi connectivity index (χ2n) is 5.41. The zero-order valence-electron chi connectivity index (χ0n) is 14.7. The van der Waals surface area contributed by atoms with E-state index in [1.54, 1.807) is 0 Å². The Balaban J connectivity index is 1.68. The number of halogens is 1. The number of rotatable bonds is 8. The molecule has 142 valence electrons. The first-order chi connectivity index (χ1) is 13.1. The van der Waals surface area contributed by atoms with Gasteiger partial charge in [-0.1, -0.05) is 29.7 Å². The van der Waals surface area contributed by atoms with Crippen LogP contribution in [-0.2, 0) is 11.3 Å². The molecular formula is C18H17ClN2O5S. The fourth-order valence-corrected chi connectivity index (χ4v) is 3.12. The monoisotopic (exact) mass is 408 g/mol. The van der Waals surface area contributed by atoms with E-state index in [1.807, 2.05) is 24.4 Å². The number of nitrogens with zero attached hydrogens (tertiary/aromatic N) is 2. The molecule has 0 aliphatic heterocycles. The van der Waals surface area contributed by atoms with E-state index in [4.69, 9.17) is 30.3 Å². The van der Waals surface area contributed by atoms with Gasteiger partial charge in [-0.25, -0.2) is 4.79 Å². The summed E-state index contributed by atoms with van der Waals surface area (Å²) in [7, 11) is 1.48. The Morgan fingerprint density at radius 1 is 1.37 bits per heavy atom. The Morgan fingerprint density at radius 2 is 2.22 bits per heavy atom. The highest BCUT2D eigenvalue weighted by molar-refractivity contribution is 7.13. The van der Waals surface area contributed by atoms with Crippen LogP contribution in [0.25, 0.3) is 10.8 Å². The van der Waals surface area contributed by atoms with Gasteiger partial charge in [0.15, 0.2) is 18.1 Å². The molecule has 0 N–H and O–H groups in total. The van der Waals surface area contributed by atoms with Crippen LogP contribution in [0.1, 0.15) is 29.5 Å². The number of ether oxygens (including phenoxy) is 3. The number of benzene rings is 1. The largest absolute Gasteiger partial charge is 0.493 e. The van der Waals surface area contributed by atoms with Gasteiger partial charge >= 0.3 is 5.97 Å². The van der Waals surface area contributed by atoms with Crippen LogP contribution in [0.4, 0.5) is 0 Å². The lowest BCUT2D eigenvalue weighted by molar-refractivity contribution is 0.0459. The van der Waals surface area contributed by atoms with Gasteiger partial charge in [-0.05, 0) is 30.0 Å². The predicted molar refractivity (Wildman–Crippen MR) is 101 cm³/mol. The highest BCUT2D eigenvalue weighted by Gasteiger charge is 2.18. The van der Waals surface area contributed by atoms with Gasteiger partial charge in [0.05, 0.1) is 29.2 Å². The van der Waals surface area contributed by atoms with E-state index in [2.05, 4.69) is 10.1 Å². The molecule has 0 spiro atoms. The van der Waals surface area contributed by atoms with Crippen molar-refractivity contribution in [1.82, 2.24) is 10.1 Å². The van der Waals surface area contributed by atoms with Crippen LogP contribution in [0.15, 0.2) is 34.2 Å². The van der Waals surface area contributed by atoms with E-state index in [1.165, 1.54) is 30.6 Å². The molecule has 0 aliphatic rings. The summed E-state index contributed by atoms with van der Waals surface area (Å²) in [5, 5.41) is 5.99. The van der Waals surface area contributed by atoms with Crippen LogP contribution in [0.5, 0.6) is 11.5 Å². The van der Waals surface area contributed by atoms with Crippen LogP contribution >= 0.6 is 22.9 Å². The Labute approximate surface area is 164 Å². The normalized spacial score (nSPS) is 10.6. The highest BCUT2D eigenvalue weighted by Crippen LogP contribution is 2.36. The maximum Gasteiger partial charge on any atom is 0.338 e. The van der Waals surface area contributed by atoms with Crippen LogP contribution in [0, 0.1) is 0 Å². The second-order valence-corrected chi connectivity index (χ2v) is 6.76. The van der Waals surface area contributed by atoms with Gasteiger partial charge < -0.3 is 18.7 Å². The molecule has 0 saturated heterocycles. The molecule has 7 nitrogen and oxygen atoms in total. The Kier molecular flexibility index (Phi) is 6.31. The highest BCUT2D eigenvalue weighted by atomic mass is 35.5. The molecule has 0 amide bonds. The van der Waals surface area contributed by atoms with E-state index >= 15 is 0 Å². The van der Waals surface area contributed by atoms with Crippen LogP contribution in [0.2, 0.25) is 5.02 Å². The first-order valence-corrected chi connectivity index (χ1v) is 9.42.